The van der Waals surface area contributed by atoms with E-state index >= 15 is 0 Å². The van der Waals surface area contributed by atoms with Crippen LogP contribution in [0, 0.1) is 0 Å². The summed E-state index contributed by atoms with van der Waals surface area (Å²) in [7, 11) is 0. The Kier molecular flexibility index (Phi) is 3.15. The molecule has 6 heteroatoms. The lowest BCUT2D eigenvalue weighted by atomic mass is 10.1. The van der Waals surface area contributed by atoms with Gasteiger partial charge >= 0.3 is 0 Å². The molecule has 1 N–H and O–H groups in total. The van der Waals surface area contributed by atoms with Crippen molar-refractivity contribution in [3.63, 3.8) is 0 Å². The standard InChI is InChI=1S/C13H8ClN3OS/c14-11-7-16-13(19-11)17-12(18)9-4-3-8-2-1-5-15-10(8)6-9/h1-7H,(H,16,17,18). The smallest absolute Gasteiger partial charge is 0.257 e. The summed E-state index contributed by atoms with van der Waals surface area (Å²) in [6.45, 7) is 0. The molecule has 0 saturated carbocycles. The quantitative estimate of drug-likeness (QED) is 0.784. The number of halogens is 1. The summed E-state index contributed by atoms with van der Waals surface area (Å²) < 4.78 is 0.537. The Morgan fingerprint density at radius 1 is 1.26 bits per heavy atom. The molecule has 0 bridgehead atoms. The Hall–Kier alpha value is -1.98. The van der Waals surface area contributed by atoms with Gasteiger partial charge in [0.05, 0.1) is 11.7 Å². The Morgan fingerprint density at radius 2 is 2.16 bits per heavy atom. The topological polar surface area (TPSA) is 54.9 Å². The van der Waals surface area contributed by atoms with Crippen molar-refractivity contribution >= 4 is 44.9 Å². The Bertz CT molecular complexity index is 756. The van der Waals surface area contributed by atoms with Gasteiger partial charge in [-0.25, -0.2) is 4.98 Å². The Balaban J connectivity index is 1.89. The molecule has 19 heavy (non-hydrogen) atoms. The summed E-state index contributed by atoms with van der Waals surface area (Å²) in [6, 6.07) is 9.19. The second kappa shape index (κ2) is 4.95. The number of benzene rings is 1. The minimum absolute atomic E-state index is 0.224. The second-order valence-electron chi connectivity index (χ2n) is 3.83. The average Bonchev–Trinajstić information content (AvgIpc) is 2.83. The minimum atomic E-state index is -0.224. The Morgan fingerprint density at radius 3 is 2.95 bits per heavy atom. The second-order valence-corrected chi connectivity index (χ2v) is 5.50. The molecule has 1 aromatic carbocycles. The number of carbonyl (C=O) groups is 1. The molecule has 3 aromatic rings. The highest BCUT2D eigenvalue weighted by Gasteiger charge is 2.09. The number of thiazole rings is 1. The lowest BCUT2D eigenvalue weighted by Gasteiger charge is -2.03. The predicted molar refractivity (Wildman–Crippen MR) is 76.8 cm³/mol. The highest BCUT2D eigenvalue weighted by atomic mass is 35.5. The lowest BCUT2D eigenvalue weighted by molar-refractivity contribution is 0.102. The monoisotopic (exact) mass is 289 g/mol. The largest absolute Gasteiger partial charge is 0.298 e. The zero-order valence-electron chi connectivity index (χ0n) is 9.63. The fourth-order valence-corrected chi connectivity index (χ4v) is 2.50. The first-order chi connectivity index (χ1) is 9.22. The van der Waals surface area contributed by atoms with Gasteiger partial charge in [-0.05, 0) is 18.2 Å². The van der Waals surface area contributed by atoms with E-state index in [1.807, 2.05) is 18.2 Å². The first kappa shape index (κ1) is 12.1. The van der Waals surface area contributed by atoms with Gasteiger partial charge in [-0.1, -0.05) is 35.1 Å². The molecule has 2 heterocycles. The van der Waals surface area contributed by atoms with Gasteiger partial charge in [-0.15, -0.1) is 0 Å². The zero-order chi connectivity index (χ0) is 13.2. The van der Waals surface area contributed by atoms with Crippen molar-refractivity contribution in [3.05, 3.63) is 52.6 Å². The van der Waals surface area contributed by atoms with Crippen molar-refractivity contribution < 1.29 is 4.79 Å². The molecule has 0 aliphatic heterocycles. The number of fused-ring (bicyclic) bond motifs is 1. The molecule has 0 atom stereocenters. The molecule has 0 aliphatic carbocycles. The normalized spacial score (nSPS) is 10.6. The number of pyridine rings is 1. The summed E-state index contributed by atoms with van der Waals surface area (Å²) in [5, 5.41) is 4.18. The van der Waals surface area contributed by atoms with Crippen molar-refractivity contribution in [3.8, 4) is 0 Å². The van der Waals surface area contributed by atoms with Crippen LogP contribution in [-0.2, 0) is 0 Å². The molecule has 0 saturated heterocycles. The number of rotatable bonds is 2. The van der Waals surface area contributed by atoms with Gasteiger partial charge in [0, 0.05) is 17.1 Å². The molecule has 1 amide bonds. The van der Waals surface area contributed by atoms with Crippen molar-refractivity contribution in [1.82, 2.24) is 9.97 Å². The van der Waals surface area contributed by atoms with E-state index in [2.05, 4.69) is 15.3 Å². The van der Waals surface area contributed by atoms with Gasteiger partial charge < -0.3 is 0 Å². The lowest BCUT2D eigenvalue weighted by Crippen LogP contribution is -2.11. The van der Waals surface area contributed by atoms with Crippen molar-refractivity contribution in [2.45, 2.75) is 0 Å². The van der Waals surface area contributed by atoms with Crippen LogP contribution in [0.2, 0.25) is 4.34 Å². The summed E-state index contributed by atoms with van der Waals surface area (Å²) in [4.78, 5) is 20.3. The van der Waals surface area contributed by atoms with Gasteiger partial charge in [0.25, 0.3) is 5.91 Å². The molecular formula is C13H8ClN3OS. The van der Waals surface area contributed by atoms with Crippen LogP contribution in [0.15, 0.2) is 42.7 Å². The maximum absolute atomic E-state index is 12.1. The van der Waals surface area contributed by atoms with Gasteiger partial charge in [0.1, 0.15) is 4.34 Å². The molecule has 0 aliphatic rings. The fraction of sp³-hybridized carbons (Fsp3) is 0. The van der Waals surface area contributed by atoms with Crippen LogP contribution in [0.5, 0.6) is 0 Å². The van der Waals surface area contributed by atoms with Crippen LogP contribution in [0.3, 0.4) is 0 Å². The maximum Gasteiger partial charge on any atom is 0.257 e. The van der Waals surface area contributed by atoms with E-state index in [0.717, 1.165) is 10.9 Å². The summed E-state index contributed by atoms with van der Waals surface area (Å²) in [5.74, 6) is -0.224. The molecule has 0 unspecified atom stereocenters. The molecule has 0 spiro atoms. The van der Waals surface area contributed by atoms with E-state index < -0.39 is 0 Å². The van der Waals surface area contributed by atoms with Crippen LogP contribution in [0.4, 0.5) is 5.13 Å². The van der Waals surface area contributed by atoms with E-state index in [1.54, 1.807) is 18.3 Å². The van der Waals surface area contributed by atoms with E-state index in [4.69, 9.17) is 11.6 Å². The van der Waals surface area contributed by atoms with Crippen LogP contribution in [-0.4, -0.2) is 15.9 Å². The van der Waals surface area contributed by atoms with Crippen molar-refractivity contribution in [1.29, 1.82) is 0 Å². The Labute approximate surface area is 118 Å². The van der Waals surface area contributed by atoms with E-state index in [-0.39, 0.29) is 5.91 Å². The number of nitrogens with one attached hydrogen (secondary N) is 1. The number of amides is 1. The van der Waals surface area contributed by atoms with Crippen LogP contribution in [0.1, 0.15) is 10.4 Å². The summed E-state index contributed by atoms with van der Waals surface area (Å²) in [6.07, 6.45) is 3.20. The SMILES string of the molecule is O=C(Nc1ncc(Cl)s1)c1ccc2cccnc2c1. The van der Waals surface area contributed by atoms with Gasteiger partial charge in [-0.3, -0.25) is 15.1 Å². The molecule has 2 aromatic heterocycles. The first-order valence-corrected chi connectivity index (χ1v) is 6.69. The van der Waals surface area contributed by atoms with Gasteiger partial charge in [-0.2, -0.15) is 0 Å². The number of aromatic nitrogens is 2. The molecular weight excluding hydrogens is 282 g/mol. The summed E-state index contributed by atoms with van der Waals surface area (Å²) >= 11 is 6.98. The van der Waals surface area contributed by atoms with E-state index in [9.17, 15) is 4.79 Å². The zero-order valence-corrected chi connectivity index (χ0v) is 11.2. The van der Waals surface area contributed by atoms with E-state index in [0.29, 0.717) is 15.0 Å². The number of anilines is 1. The third-order valence-electron chi connectivity index (χ3n) is 2.57. The molecule has 4 nitrogen and oxygen atoms in total. The van der Waals surface area contributed by atoms with Crippen LogP contribution < -0.4 is 5.32 Å². The summed E-state index contributed by atoms with van der Waals surface area (Å²) in [5.41, 5.74) is 1.32. The van der Waals surface area contributed by atoms with Gasteiger partial charge in [0.2, 0.25) is 0 Å². The number of carbonyl (C=O) groups excluding carboxylic acids is 1. The number of hydrogen-bond acceptors (Lipinski definition) is 4. The van der Waals surface area contributed by atoms with Crippen LogP contribution in [0.25, 0.3) is 10.9 Å². The average molecular weight is 290 g/mol. The molecule has 0 fully saturated rings. The molecule has 0 radical (unpaired) electrons. The van der Waals surface area contributed by atoms with Crippen molar-refractivity contribution in [2.75, 3.05) is 5.32 Å². The maximum atomic E-state index is 12.1. The molecule has 94 valence electrons. The highest BCUT2D eigenvalue weighted by Crippen LogP contribution is 2.23. The van der Waals surface area contributed by atoms with E-state index in [1.165, 1.54) is 17.5 Å². The minimum Gasteiger partial charge on any atom is -0.298 e. The van der Waals surface area contributed by atoms with Gasteiger partial charge in [0.15, 0.2) is 5.13 Å². The number of nitrogens with zero attached hydrogens (tertiary/aromatic N) is 2. The first-order valence-electron chi connectivity index (χ1n) is 5.50. The highest BCUT2D eigenvalue weighted by molar-refractivity contribution is 7.19. The third-order valence-corrected chi connectivity index (χ3v) is 3.60. The van der Waals surface area contributed by atoms with Crippen LogP contribution >= 0.6 is 22.9 Å². The predicted octanol–water partition coefficient (Wildman–Crippen LogP) is 3.60. The molecule has 3 rings (SSSR count). The third kappa shape index (κ3) is 2.57. The number of hydrogen-bond donors (Lipinski definition) is 1. The fourth-order valence-electron chi connectivity index (χ4n) is 1.69. The van der Waals surface area contributed by atoms with Crippen molar-refractivity contribution in [2.24, 2.45) is 0 Å².